The number of carbonyl (C=O) groups excluding carboxylic acids is 1. The molecule has 0 aromatic rings. The van der Waals surface area contributed by atoms with Gasteiger partial charge in [0.2, 0.25) is 0 Å². The molecule has 21 heavy (non-hydrogen) atoms. The van der Waals surface area contributed by atoms with Gasteiger partial charge in [-0.1, -0.05) is 0 Å². The number of piperidine rings is 2. The predicted octanol–water partition coefficient (Wildman–Crippen LogP) is 2.57. The maximum absolute atomic E-state index is 11.8. The lowest BCUT2D eigenvalue weighted by Crippen LogP contribution is -2.62. The molecule has 122 valence electrons. The first-order valence-electron chi connectivity index (χ1n) is 8.35. The van der Waals surface area contributed by atoms with Crippen molar-refractivity contribution in [1.29, 1.82) is 0 Å². The van der Waals surface area contributed by atoms with Gasteiger partial charge >= 0.3 is 5.97 Å². The highest BCUT2D eigenvalue weighted by molar-refractivity contribution is 5.72. The van der Waals surface area contributed by atoms with Gasteiger partial charge < -0.3 is 10.1 Å². The van der Waals surface area contributed by atoms with E-state index in [-0.39, 0.29) is 23.0 Å². The minimum absolute atomic E-state index is 0.0429. The van der Waals surface area contributed by atoms with Crippen LogP contribution >= 0.6 is 0 Å². The normalized spacial score (nSPS) is 32.6. The van der Waals surface area contributed by atoms with Gasteiger partial charge in [-0.2, -0.15) is 0 Å². The van der Waals surface area contributed by atoms with E-state index in [4.69, 9.17) is 4.74 Å². The van der Waals surface area contributed by atoms with E-state index in [1.807, 2.05) is 0 Å². The van der Waals surface area contributed by atoms with Crippen molar-refractivity contribution in [2.75, 3.05) is 20.2 Å². The summed E-state index contributed by atoms with van der Waals surface area (Å²) < 4.78 is 4.93. The van der Waals surface area contributed by atoms with Crippen LogP contribution in [-0.2, 0) is 9.53 Å². The Hall–Kier alpha value is -0.610. The molecule has 0 aliphatic carbocycles. The lowest BCUT2D eigenvalue weighted by Gasteiger charge is -2.54. The number of nitrogens with one attached hydrogen (secondary N) is 1. The third-order valence-corrected chi connectivity index (χ3v) is 5.47. The molecule has 0 saturated carbocycles. The second kappa shape index (κ2) is 6.25. The molecule has 1 N–H and O–H groups in total. The number of hydrogen-bond acceptors (Lipinski definition) is 4. The number of carbonyl (C=O) groups is 1. The van der Waals surface area contributed by atoms with Crippen LogP contribution in [0.4, 0.5) is 0 Å². The lowest BCUT2D eigenvalue weighted by molar-refractivity contribution is -0.146. The predicted molar refractivity (Wildman–Crippen MR) is 85.2 cm³/mol. The van der Waals surface area contributed by atoms with E-state index in [1.54, 1.807) is 0 Å². The van der Waals surface area contributed by atoms with Gasteiger partial charge in [0.15, 0.2) is 0 Å². The molecule has 0 radical (unpaired) electrons. The first kappa shape index (κ1) is 16.8. The minimum Gasteiger partial charge on any atom is -0.469 e. The molecule has 0 amide bonds. The van der Waals surface area contributed by atoms with Crippen LogP contribution in [0.2, 0.25) is 0 Å². The van der Waals surface area contributed by atoms with Crippen molar-refractivity contribution in [3.05, 3.63) is 0 Å². The van der Waals surface area contributed by atoms with Crippen LogP contribution in [-0.4, -0.2) is 48.2 Å². The number of esters is 1. The molecule has 0 aromatic carbocycles. The fourth-order valence-electron chi connectivity index (χ4n) is 4.28. The van der Waals surface area contributed by atoms with Crippen LogP contribution < -0.4 is 5.32 Å². The zero-order chi connectivity index (χ0) is 15.7. The number of likely N-dealkylation sites (tertiary alicyclic amines) is 1. The van der Waals surface area contributed by atoms with Gasteiger partial charge in [-0.3, -0.25) is 9.69 Å². The van der Waals surface area contributed by atoms with E-state index in [0.29, 0.717) is 6.04 Å². The maximum atomic E-state index is 11.8. The van der Waals surface area contributed by atoms with Crippen molar-refractivity contribution in [1.82, 2.24) is 10.2 Å². The maximum Gasteiger partial charge on any atom is 0.308 e. The largest absolute Gasteiger partial charge is 0.469 e. The van der Waals surface area contributed by atoms with Crippen LogP contribution in [0.15, 0.2) is 0 Å². The standard InChI is InChI=1S/C17H32N2O2/c1-16(2)8-6-9-17(3,4)19(16)12-14-11-13(7-10-18-14)15(20)21-5/h13-14,18H,6-12H2,1-5H3. The number of rotatable bonds is 3. The second-order valence-corrected chi connectivity index (χ2v) is 7.98. The highest BCUT2D eigenvalue weighted by Gasteiger charge is 2.42. The summed E-state index contributed by atoms with van der Waals surface area (Å²) in [6, 6.07) is 0.388. The third-order valence-electron chi connectivity index (χ3n) is 5.47. The van der Waals surface area contributed by atoms with Crippen molar-refractivity contribution in [2.24, 2.45) is 5.92 Å². The van der Waals surface area contributed by atoms with Gasteiger partial charge in [-0.25, -0.2) is 0 Å². The Kier molecular flexibility index (Phi) is 4.99. The van der Waals surface area contributed by atoms with Gasteiger partial charge in [0.25, 0.3) is 0 Å². The Morgan fingerprint density at radius 2 is 1.86 bits per heavy atom. The van der Waals surface area contributed by atoms with E-state index in [1.165, 1.54) is 26.4 Å². The molecule has 2 aliphatic heterocycles. The molecule has 2 fully saturated rings. The van der Waals surface area contributed by atoms with E-state index < -0.39 is 0 Å². The molecule has 0 aromatic heterocycles. The zero-order valence-corrected chi connectivity index (χ0v) is 14.4. The highest BCUT2D eigenvalue weighted by atomic mass is 16.5. The molecule has 2 saturated heterocycles. The van der Waals surface area contributed by atoms with Crippen molar-refractivity contribution in [2.45, 2.75) is 76.9 Å². The van der Waals surface area contributed by atoms with Gasteiger partial charge in [0.1, 0.15) is 0 Å². The first-order valence-corrected chi connectivity index (χ1v) is 8.35. The van der Waals surface area contributed by atoms with Crippen LogP contribution in [0.25, 0.3) is 0 Å². The first-order chi connectivity index (χ1) is 9.76. The van der Waals surface area contributed by atoms with E-state index in [9.17, 15) is 4.79 Å². The highest BCUT2D eigenvalue weighted by Crippen LogP contribution is 2.38. The molecular weight excluding hydrogens is 264 g/mol. The van der Waals surface area contributed by atoms with Gasteiger partial charge in [-0.15, -0.1) is 0 Å². The topological polar surface area (TPSA) is 41.6 Å². The molecule has 4 nitrogen and oxygen atoms in total. The van der Waals surface area contributed by atoms with Gasteiger partial charge in [0, 0.05) is 23.7 Å². The third kappa shape index (κ3) is 3.78. The Morgan fingerprint density at radius 3 is 2.43 bits per heavy atom. The Morgan fingerprint density at radius 1 is 1.24 bits per heavy atom. The van der Waals surface area contributed by atoms with Crippen molar-refractivity contribution in [3.8, 4) is 0 Å². The molecular formula is C17H32N2O2. The Labute approximate surface area is 129 Å². The quantitative estimate of drug-likeness (QED) is 0.813. The molecule has 2 atom stereocenters. The van der Waals surface area contributed by atoms with Crippen molar-refractivity contribution in [3.63, 3.8) is 0 Å². The van der Waals surface area contributed by atoms with Crippen LogP contribution in [0, 0.1) is 5.92 Å². The molecule has 2 rings (SSSR count). The SMILES string of the molecule is COC(=O)C1CCNC(CN2C(C)(C)CCCC2(C)C)C1. The van der Waals surface area contributed by atoms with Crippen LogP contribution in [0.3, 0.4) is 0 Å². The molecule has 2 heterocycles. The molecule has 0 spiro atoms. The molecule has 2 unspecified atom stereocenters. The summed E-state index contributed by atoms with van der Waals surface area (Å²) in [5.74, 6) is 0.0240. The summed E-state index contributed by atoms with van der Waals surface area (Å²) >= 11 is 0. The number of hydrogen-bond donors (Lipinski definition) is 1. The summed E-state index contributed by atoms with van der Waals surface area (Å²) in [6.45, 7) is 11.4. The summed E-state index contributed by atoms with van der Waals surface area (Å²) in [5, 5.41) is 3.60. The summed E-state index contributed by atoms with van der Waals surface area (Å²) in [7, 11) is 1.50. The van der Waals surface area contributed by atoms with Crippen LogP contribution in [0.1, 0.15) is 59.8 Å². The Bertz CT molecular complexity index is 363. The van der Waals surface area contributed by atoms with Crippen molar-refractivity contribution < 1.29 is 9.53 Å². The van der Waals surface area contributed by atoms with Gasteiger partial charge in [0.05, 0.1) is 13.0 Å². The van der Waals surface area contributed by atoms with Crippen LogP contribution in [0.5, 0.6) is 0 Å². The summed E-state index contributed by atoms with van der Waals surface area (Å²) in [4.78, 5) is 14.4. The van der Waals surface area contributed by atoms with E-state index in [0.717, 1.165) is 25.9 Å². The monoisotopic (exact) mass is 296 g/mol. The number of nitrogens with zero attached hydrogens (tertiary/aromatic N) is 1. The smallest absolute Gasteiger partial charge is 0.308 e. The Balaban J connectivity index is 2.03. The molecule has 0 bridgehead atoms. The van der Waals surface area contributed by atoms with Gasteiger partial charge in [-0.05, 0) is 66.3 Å². The number of ether oxygens (including phenoxy) is 1. The lowest BCUT2D eigenvalue weighted by atomic mass is 9.79. The summed E-state index contributed by atoms with van der Waals surface area (Å²) in [6.07, 6.45) is 5.61. The van der Waals surface area contributed by atoms with E-state index >= 15 is 0 Å². The molecule has 4 heteroatoms. The second-order valence-electron chi connectivity index (χ2n) is 7.98. The fourth-order valence-corrected chi connectivity index (χ4v) is 4.28. The molecule has 2 aliphatic rings. The average Bonchev–Trinajstić information content (AvgIpc) is 2.42. The average molecular weight is 296 g/mol. The summed E-state index contributed by atoms with van der Waals surface area (Å²) in [5.41, 5.74) is 0.475. The number of methoxy groups -OCH3 is 1. The zero-order valence-electron chi connectivity index (χ0n) is 14.4. The minimum atomic E-state index is -0.0429. The fraction of sp³-hybridized carbons (Fsp3) is 0.941. The van der Waals surface area contributed by atoms with Crippen molar-refractivity contribution >= 4 is 5.97 Å². The van der Waals surface area contributed by atoms with E-state index in [2.05, 4.69) is 37.9 Å².